The molecule has 4 nitrogen and oxygen atoms in total. The van der Waals surface area contributed by atoms with E-state index in [1.807, 2.05) is 32.0 Å². The number of hydrogen-bond donors (Lipinski definition) is 0. The zero-order valence-electron chi connectivity index (χ0n) is 12.3. The lowest BCUT2D eigenvalue weighted by atomic mass is 10.1. The molecular weight excluding hydrogens is 310 g/mol. The fourth-order valence-corrected chi connectivity index (χ4v) is 4.52. The van der Waals surface area contributed by atoms with E-state index in [4.69, 9.17) is 11.6 Å². The van der Waals surface area contributed by atoms with Gasteiger partial charge in [-0.3, -0.25) is 4.79 Å². The molecule has 1 aliphatic rings. The fraction of sp³-hybridized carbons (Fsp3) is 0.533. The summed E-state index contributed by atoms with van der Waals surface area (Å²) in [6, 6.07) is 7.09. The highest BCUT2D eigenvalue weighted by Gasteiger charge is 2.35. The molecule has 1 aliphatic heterocycles. The van der Waals surface area contributed by atoms with Crippen molar-refractivity contribution in [3.63, 3.8) is 0 Å². The van der Waals surface area contributed by atoms with E-state index in [1.54, 1.807) is 11.0 Å². The first-order valence-electron chi connectivity index (χ1n) is 7.04. The van der Waals surface area contributed by atoms with Gasteiger partial charge in [0.25, 0.3) is 0 Å². The highest BCUT2D eigenvalue weighted by molar-refractivity contribution is 7.91. The van der Waals surface area contributed by atoms with Crippen LogP contribution in [0.15, 0.2) is 24.3 Å². The van der Waals surface area contributed by atoms with Crippen molar-refractivity contribution >= 4 is 27.3 Å². The van der Waals surface area contributed by atoms with E-state index >= 15 is 0 Å². The van der Waals surface area contributed by atoms with E-state index in [2.05, 4.69) is 0 Å². The summed E-state index contributed by atoms with van der Waals surface area (Å²) in [5.74, 6) is 0.0470. The minimum atomic E-state index is -3.02. The molecule has 116 valence electrons. The van der Waals surface area contributed by atoms with Crippen LogP contribution in [-0.2, 0) is 21.2 Å². The molecule has 0 aliphatic carbocycles. The molecule has 1 fully saturated rings. The third-order valence-electron chi connectivity index (χ3n) is 3.67. The third-order valence-corrected chi connectivity index (χ3v) is 5.65. The molecular formula is C15H20ClNO3S. The van der Waals surface area contributed by atoms with Crippen LogP contribution in [0.3, 0.4) is 0 Å². The Morgan fingerprint density at radius 1 is 1.43 bits per heavy atom. The van der Waals surface area contributed by atoms with Crippen LogP contribution >= 0.6 is 11.6 Å². The van der Waals surface area contributed by atoms with Crippen molar-refractivity contribution in [3.05, 3.63) is 34.9 Å². The molecule has 0 aromatic heterocycles. The van der Waals surface area contributed by atoms with Crippen LogP contribution in [0.4, 0.5) is 0 Å². The van der Waals surface area contributed by atoms with Crippen LogP contribution in [0.1, 0.15) is 25.8 Å². The van der Waals surface area contributed by atoms with Crippen LogP contribution in [0.5, 0.6) is 0 Å². The van der Waals surface area contributed by atoms with Crippen LogP contribution < -0.4 is 0 Å². The number of sulfone groups is 1. The molecule has 0 N–H and O–H groups in total. The number of rotatable bonds is 4. The van der Waals surface area contributed by atoms with Gasteiger partial charge in [0.05, 0.1) is 11.5 Å². The molecule has 1 atom stereocenters. The van der Waals surface area contributed by atoms with E-state index in [0.29, 0.717) is 18.0 Å². The highest BCUT2D eigenvalue weighted by Crippen LogP contribution is 2.23. The smallest absolute Gasteiger partial charge is 0.225 e. The molecule has 6 heteroatoms. The summed E-state index contributed by atoms with van der Waals surface area (Å²) in [5.41, 5.74) is 0.917. The summed E-state index contributed by atoms with van der Waals surface area (Å²) in [5, 5.41) is 0.614. The Morgan fingerprint density at radius 2 is 2.14 bits per heavy atom. The maximum Gasteiger partial charge on any atom is 0.225 e. The summed E-state index contributed by atoms with van der Waals surface area (Å²) >= 11 is 5.98. The van der Waals surface area contributed by atoms with Gasteiger partial charge >= 0.3 is 0 Å². The second-order valence-electron chi connectivity index (χ2n) is 5.81. The standard InChI is InChI=1S/C15H20ClNO3S/c1-11(2)15(18)17(14-6-7-21(19,20)10-14)9-12-4-3-5-13(16)8-12/h3-5,8,11,14H,6-7,9-10H2,1-2H3. The molecule has 21 heavy (non-hydrogen) atoms. The van der Waals surface area contributed by atoms with Gasteiger partial charge in [0, 0.05) is 23.5 Å². The Morgan fingerprint density at radius 3 is 2.67 bits per heavy atom. The summed E-state index contributed by atoms with van der Waals surface area (Å²) < 4.78 is 23.4. The molecule has 0 spiro atoms. The predicted octanol–water partition coefficient (Wildman–Crippen LogP) is 2.51. The van der Waals surface area contributed by atoms with Gasteiger partial charge in [-0.15, -0.1) is 0 Å². The van der Waals surface area contributed by atoms with Gasteiger partial charge in [-0.25, -0.2) is 8.42 Å². The van der Waals surface area contributed by atoms with E-state index in [0.717, 1.165) is 5.56 Å². The minimum Gasteiger partial charge on any atom is -0.334 e. The lowest BCUT2D eigenvalue weighted by Gasteiger charge is -2.30. The molecule has 2 rings (SSSR count). The summed E-state index contributed by atoms with van der Waals surface area (Å²) in [7, 11) is -3.02. The number of nitrogens with zero attached hydrogens (tertiary/aromatic N) is 1. The summed E-state index contributed by atoms with van der Waals surface area (Å²) in [6.07, 6.45) is 0.515. The van der Waals surface area contributed by atoms with E-state index < -0.39 is 9.84 Å². The second-order valence-corrected chi connectivity index (χ2v) is 8.47. The molecule has 0 radical (unpaired) electrons. The number of halogens is 1. The number of hydrogen-bond acceptors (Lipinski definition) is 3. The first-order valence-corrected chi connectivity index (χ1v) is 9.24. The first kappa shape index (κ1) is 16.3. The van der Waals surface area contributed by atoms with Crippen LogP contribution in [0.2, 0.25) is 5.02 Å². The highest BCUT2D eigenvalue weighted by atomic mass is 35.5. The van der Waals surface area contributed by atoms with Gasteiger partial charge < -0.3 is 4.90 Å². The predicted molar refractivity (Wildman–Crippen MR) is 83.9 cm³/mol. The Bertz CT molecular complexity index is 628. The third kappa shape index (κ3) is 4.20. The largest absolute Gasteiger partial charge is 0.334 e. The maximum absolute atomic E-state index is 12.4. The van der Waals surface area contributed by atoms with Crippen molar-refractivity contribution in [2.24, 2.45) is 5.92 Å². The molecule has 0 saturated carbocycles. The molecule has 1 aromatic carbocycles. The number of benzene rings is 1. The lowest BCUT2D eigenvalue weighted by Crippen LogP contribution is -2.42. The van der Waals surface area contributed by atoms with Crippen molar-refractivity contribution in [2.45, 2.75) is 32.9 Å². The van der Waals surface area contributed by atoms with Crippen molar-refractivity contribution in [2.75, 3.05) is 11.5 Å². The van der Waals surface area contributed by atoms with Crippen molar-refractivity contribution in [1.82, 2.24) is 4.90 Å². The summed E-state index contributed by atoms with van der Waals surface area (Å²) in [4.78, 5) is 14.1. The topological polar surface area (TPSA) is 54.5 Å². The van der Waals surface area contributed by atoms with Gasteiger partial charge in [0.1, 0.15) is 0 Å². The Hall–Kier alpha value is -1.07. The number of carbonyl (C=O) groups is 1. The van der Waals surface area contributed by atoms with Crippen molar-refractivity contribution < 1.29 is 13.2 Å². The van der Waals surface area contributed by atoms with Crippen molar-refractivity contribution in [3.8, 4) is 0 Å². The molecule has 1 heterocycles. The van der Waals surface area contributed by atoms with E-state index in [1.165, 1.54) is 0 Å². The lowest BCUT2D eigenvalue weighted by molar-refractivity contribution is -0.137. The number of carbonyl (C=O) groups excluding carboxylic acids is 1. The fourth-order valence-electron chi connectivity index (χ4n) is 2.57. The summed E-state index contributed by atoms with van der Waals surface area (Å²) in [6.45, 7) is 4.06. The SMILES string of the molecule is CC(C)C(=O)N(Cc1cccc(Cl)c1)C1CCS(=O)(=O)C1. The Labute approximate surface area is 131 Å². The second kappa shape index (κ2) is 6.36. The van der Waals surface area contributed by atoms with Crippen molar-refractivity contribution in [1.29, 1.82) is 0 Å². The van der Waals surface area contributed by atoms with Gasteiger partial charge in [-0.05, 0) is 24.1 Å². The van der Waals surface area contributed by atoms with Gasteiger partial charge in [-0.1, -0.05) is 37.6 Å². The normalized spacial score (nSPS) is 20.7. The van der Waals surface area contributed by atoms with Crippen LogP contribution in [0.25, 0.3) is 0 Å². The monoisotopic (exact) mass is 329 g/mol. The number of amides is 1. The zero-order valence-corrected chi connectivity index (χ0v) is 13.8. The average molecular weight is 330 g/mol. The Kier molecular flexibility index (Phi) is 4.94. The minimum absolute atomic E-state index is 0.0166. The molecule has 1 saturated heterocycles. The average Bonchev–Trinajstić information content (AvgIpc) is 2.75. The van der Waals surface area contributed by atoms with Gasteiger partial charge in [-0.2, -0.15) is 0 Å². The van der Waals surface area contributed by atoms with Crippen LogP contribution in [0, 0.1) is 5.92 Å². The maximum atomic E-state index is 12.4. The van der Waals surface area contributed by atoms with Crippen LogP contribution in [-0.4, -0.2) is 36.8 Å². The van der Waals surface area contributed by atoms with E-state index in [9.17, 15) is 13.2 Å². The Balaban J connectivity index is 2.23. The quantitative estimate of drug-likeness (QED) is 0.853. The van der Waals surface area contributed by atoms with Gasteiger partial charge in [0.2, 0.25) is 5.91 Å². The zero-order chi connectivity index (χ0) is 15.6. The van der Waals surface area contributed by atoms with Gasteiger partial charge in [0.15, 0.2) is 9.84 Å². The van der Waals surface area contributed by atoms with E-state index in [-0.39, 0.29) is 29.4 Å². The molecule has 1 unspecified atom stereocenters. The molecule has 1 amide bonds. The molecule has 0 bridgehead atoms. The molecule has 1 aromatic rings. The first-order chi connectivity index (χ1) is 9.78.